The van der Waals surface area contributed by atoms with Gasteiger partial charge in [0.05, 0.1) is 0 Å². The first kappa shape index (κ1) is 19.7. The maximum Gasteiger partial charge on any atom is 0.230 e. The number of carbonyl (C=O) groups is 1. The Bertz CT molecular complexity index is 975. The standard InChI is InChI=1S/C24H29N3O/c1-6-24(2,3)23(28)26-18-15-13-17(14-16-18)25-21-11-7-10-20-19(21)9-8-12-22(20)27(4)5/h7-16,25H,6H2,1-5H3,(H,26,28). The van der Waals surface area contributed by atoms with Crippen molar-refractivity contribution in [2.75, 3.05) is 29.6 Å². The number of benzene rings is 3. The molecule has 3 aromatic rings. The van der Waals surface area contributed by atoms with E-state index < -0.39 is 0 Å². The molecule has 0 unspecified atom stereocenters. The fourth-order valence-corrected chi connectivity index (χ4v) is 3.05. The van der Waals surface area contributed by atoms with Crippen molar-refractivity contribution in [2.24, 2.45) is 5.41 Å². The molecule has 0 saturated carbocycles. The van der Waals surface area contributed by atoms with Crippen molar-refractivity contribution in [1.29, 1.82) is 0 Å². The summed E-state index contributed by atoms with van der Waals surface area (Å²) in [5.74, 6) is 0.0426. The molecular formula is C24H29N3O. The lowest BCUT2D eigenvalue weighted by molar-refractivity contribution is -0.124. The number of nitrogens with zero attached hydrogens (tertiary/aromatic N) is 1. The van der Waals surface area contributed by atoms with E-state index in [1.165, 1.54) is 16.5 Å². The van der Waals surface area contributed by atoms with Crippen LogP contribution < -0.4 is 15.5 Å². The predicted octanol–water partition coefficient (Wildman–Crippen LogP) is 6.02. The lowest BCUT2D eigenvalue weighted by Gasteiger charge is -2.21. The van der Waals surface area contributed by atoms with E-state index >= 15 is 0 Å². The molecule has 0 aliphatic heterocycles. The van der Waals surface area contributed by atoms with Crippen molar-refractivity contribution in [3.63, 3.8) is 0 Å². The Morgan fingerprint density at radius 3 is 2.14 bits per heavy atom. The molecule has 4 nitrogen and oxygen atoms in total. The molecule has 2 N–H and O–H groups in total. The maximum atomic E-state index is 12.3. The van der Waals surface area contributed by atoms with Gasteiger partial charge in [0, 0.05) is 53.0 Å². The van der Waals surface area contributed by atoms with Gasteiger partial charge in [-0.15, -0.1) is 0 Å². The SMILES string of the molecule is CCC(C)(C)C(=O)Nc1ccc(Nc2cccc3c(N(C)C)cccc23)cc1. The number of anilines is 4. The zero-order chi connectivity index (χ0) is 20.3. The number of fused-ring (bicyclic) bond motifs is 1. The molecule has 1 amide bonds. The van der Waals surface area contributed by atoms with Crippen molar-refractivity contribution in [1.82, 2.24) is 0 Å². The molecule has 28 heavy (non-hydrogen) atoms. The highest BCUT2D eigenvalue weighted by atomic mass is 16.2. The van der Waals surface area contributed by atoms with Crippen LogP contribution in [0.15, 0.2) is 60.7 Å². The monoisotopic (exact) mass is 375 g/mol. The second-order valence-electron chi connectivity index (χ2n) is 7.97. The van der Waals surface area contributed by atoms with Crippen LogP contribution in [-0.2, 0) is 4.79 Å². The first-order valence-electron chi connectivity index (χ1n) is 9.69. The van der Waals surface area contributed by atoms with E-state index in [1.54, 1.807) is 0 Å². The van der Waals surface area contributed by atoms with Gasteiger partial charge in [0.15, 0.2) is 0 Å². The lowest BCUT2D eigenvalue weighted by atomic mass is 9.89. The topological polar surface area (TPSA) is 44.4 Å². The van der Waals surface area contributed by atoms with Crippen LogP contribution in [0.25, 0.3) is 10.8 Å². The number of hydrogen-bond acceptors (Lipinski definition) is 3. The molecule has 0 heterocycles. The number of hydrogen-bond donors (Lipinski definition) is 2. The first-order valence-corrected chi connectivity index (χ1v) is 9.69. The van der Waals surface area contributed by atoms with Crippen LogP contribution in [0.3, 0.4) is 0 Å². The fraction of sp³-hybridized carbons (Fsp3) is 0.292. The highest BCUT2D eigenvalue weighted by Gasteiger charge is 2.25. The average Bonchev–Trinajstić information content (AvgIpc) is 2.69. The third-order valence-corrected chi connectivity index (χ3v) is 5.30. The summed E-state index contributed by atoms with van der Waals surface area (Å²) >= 11 is 0. The Morgan fingerprint density at radius 1 is 0.893 bits per heavy atom. The van der Waals surface area contributed by atoms with Crippen molar-refractivity contribution >= 4 is 39.4 Å². The summed E-state index contributed by atoms with van der Waals surface area (Å²) < 4.78 is 0. The molecule has 0 radical (unpaired) electrons. The predicted molar refractivity (Wildman–Crippen MR) is 121 cm³/mol. The van der Waals surface area contributed by atoms with Crippen LogP contribution in [0.5, 0.6) is 0 Å². The van der Waals surface area contributed by atoms with Gasteiger partial charge in [-0.25, -0.2) is 0 Å². The summed E-state index contributed by atoms with van der Waals surface area (Å²) in [6.07, 6.45) is 0.800. The van der Waals surface area contributed by atoms with Crippen LogP contribution in [0.4, 0.5) is 22.7 Å². The number of amides is 1. The highest BCUT2D eigenvalue weighted by molar-refractivity contribution is 6.02. The van der Waals surface area contributed by atoms with Gasteiger partial charge in [0.25, 0.3) is 0 Å². The molecule has 3 rings (SSSR count). The van der Waals surface area contributed by atoms with Gasteiger partial charge in [-0.2, -0.15) is 0 Å². The van der Waals surface area contributed by atoms with Crippen molar-refractivity contribution < 1.29 is 4.79 Å². The number of carbonyl (C=O) groups excluding carboxylic acids is 1. The Hall–Kier alpha value is -3.01. The minimum Gasteiger partial charge on any atom is -0.377 e. The lowest BCUT2D eigenvalue weighted by Crippen LogP contribution is -2.29. The zero-order valence-corrected chi connectivity index (χ0v) is 17.3. The van der Waals surface area contributed by atoms with E-state index in [9.17, 15) is 4.79 Å². The molecule has 146 valence electrons. The third-order valence-electron chi connectivity index (χ3n) is 5.30. The largest absolute Gasteiger partial charge is 0.377 e. The van der Waals surface area contributed by atoms with Crippen molar-refractivity contribution in [3.05, 3.63) is 60.7 Å². The van der Waals surface area contributed by atoms with E-state index in [2.05, 4.69) is 66.0 Å². The minimum absolute atomic E-state index is 0.0426. The second-order valence-corrected chi connectivity index (χ2v) is 7.97. The summed E-state index contributed by atoms with van der Waals surface area (Å²) in [5, 5.41) is 8.89. The van der Waals surface area contributed by atoms with E-state index in [0.29, 0.717) is 0 Å². The van der Waals surface area contributed by atoms with Gasteiger partial charge >= 0.3 is 0 Å². The van der Waals surface area contributed by atoms with Crippen LogP contribution in [0, 0.1) is 5.41 Å². The summed E-state index contributed by atoms with van der Waals surface area (Å²) in [7, 11) is 4.11. The average molecular weight is 376 g/mol. The zero-order valence-electron chi connectivity index (χ0n) is 17.3. The molecule has 0 saturated heterocycles. The Labute approximate surface area is 167 Å². The molecule has 0 fully saturated rings. The number of nitrogens with one attached hydrogen (secondary N) is 2. The van der Waals surface area contributed by atoms with Crippen LogP contribution >= 0.6 is 0 Å². The van der Waals surface area contributed by atoms with Gasteiger partial charge in [-0.3, -0.25) is 4.79 Å². The van der Waals surface area contributed by atoms with Gasteiger partial charge in [0.2, 0.25) is 5.91 Å². The molecule has 0 aromatic heterocycles. The smallest absolute Gasteiger partial charge is 0.230 e. The van der Waals surface area contributed by atoms with E-state index in [4.69, 9.17) is 0 Å². The van der Waals surface area contributed by atoms with E-state index in [-0.39, 0.29) is 11.3 Å². The van der Waals surface area contributed by atoms with Crippen LogP contribution in [0.1, 0.15) is 27.2 Å². The molecule has 4 heteroatoms. The van der Waals surface area contributed by atoms with Gasteiger partial charge in [0.1, 0.15) is 0 Å². The van der Waals surface area contributed by atoms with Gasteiger partial charge in [-0.1, -0.05) is 45.0 Å². The van der Waals surface area contributed by atoms with Crippen LogP contribution in [-0.4, -0.2) is 20.0 Å². The summed E-state index contributed by atoms with van der Waals surface area (Å²) in [6.45, 7) is 5.94. The molecule has 0 atom stereocenters. The second kappa shape index (κ2) is 7.93. The molecule has 3 aromatic carbocycles. The third kappa shape index (κ3) is 4.11. The molecule has 0 bridgehead atoms. The first-order chi connectivity index (χ1) is 13.3. The van der Waals surface area contributed by atoms with Gasteiger partial charge < -0.3 is 15.5 Å². The van der Waals surface area contributed by atoms with E-state index in [0.717, 1.165) is 23.5 Å². The Balaban J connectivity index is 1.82. The molecular weight excluding hydrogens is 346 g/mol. The van der Waals surface area contributed by atoms with E-state index in [1.807, 2.05) is 45.0 Å². The van der Waals surface area contributed by atoms with Gasteiger partial charge in [-0.05, 0) is 42.8 Å². The Kier molecular flexibility index (Phi) is 5.59. The Morgan fingerprint density at radius 2 is 1.50 bits per heavy atom. The van der Waals surface area contributed by atoms with Crippen molar-refractivity contribution in [3.8, 4) is 0 Å². The molecule has 0 aliphatic carbocycles. The normalized spacial score (nSPS) is 11.3. The minimum atomic E-state index is -0.371. The quantitative estimate of drug-likeness (QED) is 0.553. The maximum absolute atomic E-state index is 12.3. The van der Waals surface area contributed by atoms with Crippen LogP contribution in [0.2, 0.25) is 0 Å². The summed E-state index contributed by atoms with van der Waals surface area (Å²) in [6, 6.07) is 20.5. The summed E-state index contributed by atoms with van der Waals surface area (Å²) in [4.78, 5) is 14.5. The fourth-order valence-electron chi connectivity index (χ4n) is 3.05. The van der Waals surface area contributed by atoms with Crippen molar-refractivity contribution in [2.45, 2.75) is 27.2 Å². The highest BCUT2D eigenvalue weighted by Crippen LogP contribution is 2.32. The molecule has 0 spiro atoms. The summed E-state index contributed by atoms with van der Waals surface area (Å²) in [5.41, 5.74) is 3.67. The number of rotatable bonds is 6. The molecule has 0 aliphatic rings.